The van der Waals surface area contributed by atoms with Crippen LogP contribution in [0.5, 0.6) is 0 Å². The number of ketones is 2. The van der Waals surface area contributed by atoms with Crippen LogP contribution in [0.15, 0.2) is 83.0 Å². The second kappa shape index (κ2) is 9.12. The maximum Gasteiger partial charge on any atom is 0.454 e. The molecule has 0 bridgehead atoms. The number of hydrogen-bond donors (Lipinski definition) is 0. The molecule has 0 unspecified atom stereocenters. The van der Waals surface area contributed by atoms with E-state index in [4.69, 9.17) is 0 Å². The number of likely N-dealkylation sites (N-methyl/N-ethyl adjacent to an activating group) is 2. The van der Waals surface area contributed by atoms with Gasteiger partial charge in [-0.15, -0.1) is 0 Å². The lowest BCUT2D eigenvalue weighted by Gasteiger charge is -2.15. The number of carbonyl (C=O) groups excluding carboxylic acids is 4. The summed E-state index contributed by atoms with van der Waals surface area (Å²) in [6.07, 6.45) is -11.1. The number of nitrogens with zero attached hydrogens (tertiary/aromatic N) is 2. The van der Waals surface area contributed by atoms with Crippen molar-refractivity contribution in [2.45, 2.75) is 12.4 Å². The van der Waals surface area contributed by atoms with Gasteiger partial charge >= 0.3 is 12.4 Å². The molecule has 12 heteroatoms. The molecule has 196 valence electrons. The molecular weight excluding hydrogens is 518 g/mol. The lowest BCUT2D eigenvalue weighted by atomic mass is 9.89. The largest absolute Gasteiger partial charge is 0.454 e. The van der Waals surface area contributed by atoms with Gasteiger partial charge in [0.1, 0.15) is 0 Å². The van der Waals surface area contributed by atoms with Crippen LogP contribution in [0.1, 0.15) is 11.1 Å². The lowest BCUT2D eigenvalue weighted by Crippen LogP contribution is -2.30. The number of amides is 2. The Morgan fingerprint density at radius 1 is 0.579 bits per heavy atom. The monoisotopic (exact) mass is 534 g/mol. The van der Waals surface area contributed by atoms with Gasteiger partial charge in [-0.05, 0) is 11.1 Å². The maximum absolute atomic E-state index is 13.8. The van der Waals surface area contributed by atoms with E-state index >= 15 is 0 Å². The third-order valence-electron chi connectivity index (χ3n) is 5.99. The number of hydrogen-bond acceptors (Lipinski definition) is 4. The van der Waals surface area contributed by atoms with Crippen molar-refractivity contribution >= 4 is 34.8 Å². The van der Waals surface area contributed by atoms with Crippen molar-refractivity contribution in [3.05, 3.63) is 94.1 Å². The Bertz CT molecular complexity index is 1360. The topological polar surface area (TPSA) is 74.8 Å². The number of alkyl halides is 6. The molecule has 4 rings (SSSR count). The molecule has 2 aromatic carbocycles. The Hall–Kier alpha value is -4.48. The predicted octanol–water partition coefficient (Wildman–Crippen LogP) is 4.31. The van der Waals surface area contributed by atoms with Crippen LogP contribution in [0.25, 0.3) is 11.4 Å². The van der Waals surface area contributed by atoms with Gasteiger partial charge in [0.25, 0.3) is 23.4 Å². The van der Waals surface area contributed by atoms with Gasteiger partial charge in [-0.25, -0.2) is 0 Å². The first-order valence-electron chi connectivity index (χ1n) is 10.8. The molecule has 2 aliphatic rings. The summed E-state index contributed by atoms with van der Waals surface area (Å²) in [4.78, 5) is 53.3. The molecule has 0 fully saturated rings. The number of carbonyl (C=O) groups is 4. The highest BCUT2D eigenvalue weighted by Crippen LogP contribution is 2.46. The van der Waals surface area contributed by atoms with Crippen LogP contribution < -0.4 is 0 Å². The van der Waals surface area contributed by atoms with Gasteiger partial charge in [0, 0.05) is 14.1 Å². The molecular formula is C26H16F6N2O4. The molecule has 0 radical (unpaired) electrons. The lowest BCUT2D eigenvalue weighted by molar-refractivity contribution is -0.166. The van der Waals surface area contributed by atoms with Gasteiger partial charge in [-0.3, -0.25) is 19.2 Å². The standard InChI is InChI=1S/C26H16F6N2O4/c1-33-19(13-9-5-3-6-10-13)17(21(35)25(27,28)29)15(23(33)37)16-18(22(36)26(30,31)32)20(34(2)24(16)38)14-11-7-4-8-12-14/h3-12H,1-2H3/b16-15+. The highest BCUT2D eigenvalue weighted by Gasteiger charge is 2.54. The van der Waals surface area contributed by atoms with Crippen molar-refractivity contribution in [3.63, 3.8) is 0 Å². The zero-order valence-corrected chi connectivity index (χ0v) is 19.6. The summed E-state index contributed by atoms with van der Waals surface area (Å²) < 4.78 is 82.6. The van der Waals surface area contributed by atoms with Gasteiger partial charge in [-0.1, -0.05) is 60.7 Å². The molecule has 0 N–H and O–H groups in total. The van der Waals surface area contributed by atoms with Crippen LogP contribution in [0.2, 0.25) is 0 Å². The summed E-state index contributed by atoms with van der Waals surface area (Å²) in [7, 11) is 2.02. The van der Waals surface area contributed by atoms with Crippen molar-refractivity contribution in [2.75, 3.05) is 14.1 Å². The normalized spacial score (nSPS) is 18.7. The number of halogens is 6. The minimum atomic E-state index is -5.57. The van der Waals surface area contributed by atoms with Crippen LogP contribution >= 0.6 is 0 Å². The Labute approximate surface area is 211 Å². The molecule has 6 nitrogen and oxygen atoms in total. The second-order valence-electron chi connectivity index (χ2n) is 8.31. The molecule has 38 heavy (non-hydrogen) atoms. The molecule has 0 saturated carbocycles. The van der Waals surface area contributed by atoms with Gasteiger partial charge in [0.05, 0.1) is 33.7 Å². The van der Waals surface area contributed by atoms with Gasteiger partial charge < -0.3 is 9.80 Å². The number of rotatable bonds is 4. The van der Waals surface area contributed by atoms with E-state index in [2.05, 4.69) is 0 Å². The molecule has 0 spiro atoms. The van der Waals surface area contributed by atoms with E-state index in [-0.39, 0.29) is 11.1 Å². The van der Waals surface area contributed by atoms with E-state index in [0.29, 0.717) is 9.80 Å². The summed E-state index contributed by atoms with van der Waals surface area (Å²) in [6.45, 7) is 0. The van der Waals surface area contributed by atoms with Crippen molar-refractivity contribution in [2.24, 2.45) is 0 Å². The molecule has 0 saturated heterocycles. The molecule has 0 aliphatic carbocycles. The summed E-state index contributed by atoms with van der Waals surface area (Å²) in [5, 5.41) is 0. The summed E-state index contributed by atoms with van der Waals surface area (Å²) in [6, 6.07) is 13.8. The van der Waals surface area contributed by atoms with Crippen LogP contribution in [-0.4, -0.2) is 59.6 Å². The first-order chi connectivity index (χ1) is 17.7. The first kappa shape index (κ1) is 26.6. The van der Waals surface area contributed by atoms with E-state index in [0.717, 1.165) is 14.1 Å². The fourth-order valence-corrected chi connectivity index (χ4v) is 4.38. The molecule has 2 aromatic rings. The molecule has 2 amide bonds. The van der Waals surface area contributed by atoms with Gasteiger partial charge in [0.2, 0.25) is 0 Å². The average molecular weight is 534 g/mol. The molecule has 2 aliphatic heterocycles. The van der Waals surface area contributed by atoms with Crippen LogP contribution in [0.3, 0.4) is 0 Å². The fourth-order valence-electron chi connectivity index (χ4n) is 4.38. The fraction of sp³-hybridized carbons (Fsp3) is 0.154. The number of Topliss-reactive ketones (excluding diaryl/α,β-unsaturated/α-hetero) is 2. The third-order valence-corrected chi connectivity index (χ3v) is 5.99. The summed E-state index contributed by atoms with van der Waals surface area (Å²) >= 11 is 0. The van der Waals surface area contributed by atoms with Crippen molar-refractivity contribution in [1.82, 2.24) is 9.80 Å². The third kappa shape index (κ3) is 4.21. The van der Waals surface area contributed by atoms with Gasteiger partial charge in [0.15, 0.2) is 0 Å². The Balaban J connectivity index is 2.19. The Kier molecular flexibility index (Phi) is 6.38. The van der Waals surface area contributed by atoms with E-state index in [9.17, 15) is 45.5 Å². The highest BCUT2D eigenvalue weighted by molar-refractivity contribution is 6.32. The summed E-state index contributed by atoms with van der Waals surface area (Å²) in [5.74, 6) is -7.82. The van der Waals surface area contributed by atoms with Crippen LogP contribution in [0.4, 0.5) is 26.3 Å². The zero-order valence-electron chi connectivity index (χ0n) is 19.6. The summed E-state index contributed by atoms with van der Waals surface area (Å²) in [5.41, 5.74) is -6.33. The minimum Gasteiger partial charge on any atom is -0.310 e. The van der Waals surface area contributed by atoms with Crippen molar-refractivity contribution in [1.29, 1.82) is 0 Å². The zero-order chi connectivity index (χ0) is 28.2. The first-order valence-corrected chi connectivity index (χ1v) is 10.8. The van der Waals surface area contributed by atoms with E-state index in [1.54, 1.807) is 0 Å². The maximum atomic E-state index is 13.8. The SMILES string of the molecule is CN1C(=O)/C(=C2/C(=O)N(C)C(c3ccccc3)=C2C(=O)C(F)(F)F)C(C(=O)C(F)(F)F)=C1c1ccccc1. The van der Waals surface area contributed by atoms with E-state index in [1.165, 1.54) is 60.7 Å². The van der Waals surface area contributed by atoms with E-state index in [1.807, 2.05) is 0 Å². The van der Waals surface area contributed by atoms with Crippen LogP contribution in [0, 0.1) is 0 Å². The second-order valence-corrected chi connectivity index (χ2v) is 8.31. The van der Waals surface area contributed by atoms with Crippen LogP contribution in [-0.2, 0) is 19.2 Å². The molecule has 0 aromatic heterocycles. The van der Waals surface area contributed by atoms with Crippen molar-refractivity contribution < 1.29 is 45.5 Å². The van der Waals surface area contributed by atoms with Gasteiger partial charge in [-0.2, -0.15) is 26.3 Å². The highest BCUT2D eigenvalue weighted by atomic mass is 19.4. The smallest absolute Gasteiger partial charge is 0.310 e. The predicted molar refractivity (Wildman–Crippen MR) is 121 cm³/mol. The quantitative estimate of drug-likeness (QED) is 0.433. The Morgan fingerprint density at radius 2 is 0.868 bits per heavy atom. The number of benzene rings is 2. The molecule has 0 atom stereocenters. The minimum absolute atomic E-state index is 0.0405. The average Bonchev–Trinajstić information content (AvgIpc) is 3.27. The van der Waals surface area contributed by atoms with E-state index < -0.39 is 69.4 Å². The van der Waals surface area contributed by atoms with Crippen molar-refractivity contribution in [3.8, 4) is 0 Å². The Morgan fingerprint density at radius 3 is 1.13 bits per heavy atom. The molecule has 2 heterocycles.